The number of methoxy groups -OCH3 is 1. The molecule has 0 fully saturated rings. The van der Waals surface area contributed by atoms with Gasteiger partial charge in [0.15, 0.2) is 0 Å². The summed E-state index contributed by atoms with van der Waals surface area (Å²) in [5.74, 6) is 0.109. The molecule has 1 heterocycles. The summed E-state index contributed by atoms with van der Waals surface area (Å²) in [5, 5.41) is 6.51. The highest BCUT2D eigenvalue weighted by Crippen LogP contribution is 2.28. The van der Waals surface area contributed by atoms with Crippen molar-refractivity contribution in [3.8, 4) is 0 Å². The number of nitrogens with one attached hydrogen (secondary N) is 2. The molecule has 20 heavy (non-hydrogen) atoms. The molecule has 0 saturated heterocycles. The minimum absolute atomic E-state index is 0.0186. The van der Waals surface area contributed by atoms with Crippen LogP contribution in [-0.2, 0) is 16.0 Å². The average Bonchev–Trinajstić information content (AvgIpc) is 2.44. The van der Waals surface area contributed by atoms with Crippen LogP contribution in [0.3, 0.4) is 0 Å². The summed E-state index contributed by atoms with van der Waals surface area (Å²) in [4.78, 5) is 12.4. The van der Waals surface area contributed by atoms with Gasteiger partial charge in [-0.25, -0.2) is 0 Å². The van der Waals surface area contributed by atoms with Crippen LogP contribution in [0, 0.1) is 5.92 Å². The Labute approximate surface area is 120 Å². The fourth-order valence-corrected chi connectivity index (χ4v) is 2.64. The third-order valence-electron chi connectivity index (χ3n) is 3.92. The van der Waals surface area contributed by atoms with E-state index in [0.29, 0.717) is 6.61 Å². The Hall–Kier alpha value is -1.55. The molecule has 1 aromatic carbocycles. The third kappa shape index (κ3) is 3.51. The van der Waals surface area contributed by atoms with Crippen molar-refractivity contribution >= 4 is 11.6 Å². The second-order valence-electron chi connectivity index (χ2n) is 5.59. The maximum Gasteiger partial charge on any atom is 0.225 e. The summed E-state index contributed by atoms with van der Waals surface area (Å²) in [6, 6.07) is 8.49. The Morgan fingerprint density at radius 1 is 1.50 bits per heavy atom. The molecule has 0 radical (unpaired) electrons. The van der Waals surface area contributed by atoms with Gasteiger partial charge < -0.3 is 15.4 Å². The van der Waals surface area contributed by atoms with Crippen LogP contribution < -0.4 is 10.6 Å². The molecule has 2 N–H and O–H groups in total. The molecule has 110 valence electrons. The highest BCUT2D eigenvalue weighted by Gasteiger charge is 2.30. The summed E-state index contributed by atoms with van der Waals surface area (Å²) in [5.41, 5.74) is 2.37. The Morgan fingerprint density at radius 3 is 3.00 bits per heavy atom. The number of carbonyl (C=O) groups is 1. The number of fused-ring (bicyclic) bond motifs is 1. The molecule has 0 bridgehead atoms. The van der Waals surface area contributed by atoms with Gasteiger partial charge >= 0.3 is 0 Å². The lowest BCUT2D eigenvalue weighted by atomic mass is 9.87. The number of benzene rings is 1. The maximum atomic E-state index is 12.4. The van der Waals surface area contributed by atoms with E-state index in [9.17, 15) is 4.79 Å². The van der Waals surface area contributed by atoms with E-state index >= 15 is 0 Å². The fourth-order valence-electron chi connectivity index (χ4n) is 2.64. The van der Waals surface area contributed by atoms with Gasteiger partial charge in [0.1, 0.15) is 0 Å². The van der Waals surface area contributed by atoms with Crippen LogP contribution in [0.25, 0.3) is 0 Å². The van der Waals surface area contributed by atoms with Gasteiger partial charge in [0.25, 0.3) is 0 Å². The number of hydrogen-bond donors (Lipinski definition) is 2. The van der Waals surface area contributed by atoms with E-state index in [1.807, 2.05) is 19.1 Å². The van der Waals surface area contributed by atoms with Crippen LogP contribution in [0.15, 0.2) is 24.3 Å². The highest BCUT2D eigenvalue weighted by atomic mass is 16.5. The lowest BCUT2D eigenvalue weighted by molar-refractivity contribution is -0.126. The molecule has 0 aromatic heterocycles. The van der Waals surface area contributed by atoms with E-state index < -0.39 is 0 Å². The molecule has 4 nitrogen and oxygen atoms in total. The summed E-state index contributed by atoms with van der Waals surface area (Å²) < 4.78 is 5.04. The SMILES string of the molecule is COCCC(C)NC(=O)C1Cc2ccccc2NC1C. The zero-order valence-electron chi connectivity index (χ0n) is 12.5. The van der Waals surface area contributed by atoms with E-state index in [2.05, 4.69) is 29.7 Å². The van der Waals surface area contributed by atoms with Gasteiger partial charge in [-0.2, -0.15) is 0 Å². The number of rotatable bonds is 5. The van der Waals surface area contributed by atoms with Crippen molar-refractivity contribution in [3.05, 3.63) is 29.8 Å². The minimum atomic E-state index is -0.0186. The van der Waals surface area contributed by atoms with E-state index in [0.717, 1.165) is 18.5 Å². The van der Waals surface area contributed by atoms with Crippen molar-refractivity contribution in [2.45, 2.75) is 38.8 Å². The van der Waals surface area contributed by atoms with Gasteiger partial charge in [0.05, 0.1) is 5.92 Å². The average molecular weight is 276 g/mol. The standard InChI is InChI=1S/C16H24N2O2/c1-11(8-9-20-3)17-16(19)14-10-13-6-4-5-7-15(13)18-12(14)2/h4-7,11-12,14,18H,8-10H2,1-3H3,(H,17,19). The number of carbonyl (C=O) groups excluding carboxylic acids is 1. The first-order valence-corrected chi connectivity index (χ1v) is 7.25. The second kappa shape index (κ2) is 6.75. The van der Waals surface area contributed by atoms with Gasteiger partial charge in [-0.3, -0.25) is 4.79 Å². The first kappa shape index (κ1) is 14.9. The largest absolute Gasteiger partial charge is 0.385 e. The number of anilines is 1. The quantitative estimate of drug-likeness (QED) is 0.867. The van der Waals surface area contributed by atoms with Crippen LogP contribution in [0.4, 0.5) is 5.69 Å². The van der Waals surface area contributed by atoms with Gasteiger partial charge in [-0.15, -0.1) is 0 Å². The van der Waals surface area contributed by atoms with Crippen molar-refractivity contribution in [2.24, 2.45) is 5.92 Å². The van der Waals surface area contributed by atoms with Crippen molar-refractivity contribution in [1.29, 1.82) is 0 Å². The minimum Gasteiger partial charge on any atom is -0.385 e. The lowest BCUT2D eigenvalue weighted by Gasteiger charge is -2.32. The first-order chi connectivity index (χ1) is 9.61. The predicted octanol–water partition coefficient (Wildman–Crippen LogP) is 2.20. The van der Waals surface area contributed by atoms with Crippen molar-refractivity contribution in [1.82, 2.24) is 5.32 Å². The van der Waals surface area contributed by atoms with E-state index in [1.54, 1.807) is 7.11 Å². The smallest absolute Gasteiger partial charge is 0.225 e. The Balaban J connectivity index is 1.97. The molecular formula is C16H24N2O2. The Bertz CT molecular complexity index is 462. The van der Waals surface area contributed by atoms with Gasteiger partial charge in [0, 0.05) is 31.5 Å². The molecule has 2 rings (SSSR count). The molecule has 1 aliphatic rings. The van der Waals surface area contributed by atoms with Crippen LogP contribution in [0.1, 0.15) is 25.8 Å². The molecule has 1 aliphatic heterocycles. The molecule has 3 atom stereocenters. The molecule has 4 heteroatoms. The Kier molecular flexibility index (Phi) is 5.01. The zero-order chi connectivity index (χ0) is 14.5. The Morgan fingerprint density at radius 2 is 2.25 bits per heavy atom. The van der Waals surface area contributed by atoms with Gasteiger partial charge in [0.2, 0.25) is 5.91 Å². The first-order valence-electron chi connectivity index (χ1n) is 7.25. The monoisotopic (exact) mass is 276 g/mol. The van der Waals surface area contributed by atoms with Crippen LogP contribution in [0.5, 0.6) is 0 Å². The normalized spacial score (nSPS) is 22.6. The van der Waals surface area contributed by atoms with Gasteiger partial charge in [-0.05, 0) is 38.3 Å². The highest BCUT2D eigenvalue weighted by molar-refractivity contribution is 5.81. The van der Waals surface area contributed by atoms with E-state index in [1.165, 1.54) is 5.56 Å². The third-order valence-corrected chi connectivity index (χ3v) is 3.92. The predicted molar refractivity (Wildman–Crippen MR) is 80.8 cm³/mol. The van der Waals surface area contributed by atoms with Crippen molar-refractivity contribution in [3.63, 3.8) is 0 Å². The molecule has 1 amide bonds. The maximum absolute atomic E-state index is 12.4. The summed E-state index contributed by atoms with van der Waals surface area (Å²) in [6.45, 7) is 4.76. The van der Waals surface area contributed by atoms with Crippen LogP contribution >= 0.6 is 0 Å². The molecule has 1 aromatic rings. The number of para-hydroxylation sites is 1. The fraction of sp³-hybridized carbons (Fsp3) is 0.562. The summed E-state index contributed by atoms with van der Waals surface area (Å²) in [6.07, 6.45) is 1.64. The van der Waals surface area contributed by atoms with Crippen LogP contribution in [0.2, 0.25) is 0 Å². The molecule has 3 unspecified atom stereocenters. The second-order valence-corrected chi connectivity index (χ2v) is 5.59. The lowest BCUT2D eigenvalue weighted by Crippen LogP contribution is -2.46. The molecular weight excluding hydrogens is 252 g/mol. The molecule has 0 saturated carbocycles. The van der Waals surface area contributed by atoms with Crippen LogP contribution in [-0.4, -0.2) is 31.7 Å². The molecule has 0 aliphatic carbocycles. The number of ether oxygens (including phenoxy) is 1. The summed E-state index contributed by atoms with van der Waals surface area (Å²) >= 11 is 0. The van der Waals surface area contributed by atoms with Crippen molar-refractivity contribution < 1.29 is 9.53 Å². The van der Waals surface area contributed by atoms with E-state index in [-0.39, 0.29) is 23.9 Å². The molecule has 0 spiro atoms. The number of amides is 1. The summed E-state index contributed by atoms with van der Waals surface area (Å²) in [7, 11) is 1.68. The topological polar surface area (TPSA) is 50.4 Å². The number of hydrogen-bond acceptors (Lipinski definition) is 3. The van der Waals surface area contributed by atoms with Crippen molar-refractivity contribution in [2.75, 3.05) is 19.0 Å². The van der Waals surface area contributed by atoms with E-state index in [4.69, 9.17) is 4.74 Å². The van der Waals surface area contributed by atoms with Gasteiger partial charge in [-0.1, -0.05) is 18.2 Å². The zero-order valence-corrected chi connectivity index (χ0v) is 12.5.